The van der Waals surface area contributed by atoms with Crippen molar-refractivity contribution in [2.45, 2.75) is 38.1 Å². The van der Waals surface area contributed by atoms with Gasteiger partial charge in [0.1, 0.15) is 0 Å². The fraction of sp³-hybridized carbons (Fsp3) is 0.533. The van der Waals surface area contributed by atoms with E-state index >= 15 is 0 Å². The smallest absolute Gasteiger partial charge is 0.231 e. The highest BCUT2D eigenvalue weighted by atomic mass is 16.2. The molecule has 0 radical (unpaired) electrons. The van der Waals surface area contributed by atoms with Crippen LogP contribution in [0.15, 0.2) is 30.3 Å². The Labute approximate surface area is 109 Å². The maximum atomic E-state index is 12.6. The summed E-state index contributed by atoms with van der Waals surface area (Å²) < 4.78 is 0. The van der Waals surface area contributed by atoms with Crippen molar-refractivity contribution in [3.05, 3.63) is 35.9 Å². The number of carbonyl (C=O) groups excluding carboxylic acids is 1. The molecule has 2 rings (SSSR count). The summed E-state index contributed by atoms with van der Waals surface area (Å²) in [5.41, 5.74) is 6.85. The monoisotopic (exact) mass is 246 g/mol. The molecular formula is C15H22N2O. The first-order chi connectivity index (χ1) is 8.77. The van der Waals surface area contributed by atoms with Crippen molar-refractivity contribution in [2.24, 2.45) is 5.73 Å². The van der Waals surface area contributed by atoms with E-state index in [1.807, 2.05) is 35.2 Å². The number of rotatable bonds is 6. The maximum Gasteiger partial charge on any atom is 0.231 e. The molecule has 1 unspecified atom stereocenters. The van der Waals surface area contributed by atoms with Gasteiger partial charge in [0.05, 0.1) is 5.92 Å². The summed E-state index contributed by atoms with van der Waals surface area (Å²) in [7, 11) is 0. The van der Waals surface area contributed by atoms with E-state index in [-0.39, 0.29) is 11.8 Å². The van der Waals surface area contributed by atoms with E-state index in [1.165, 1.54) is 0 Å². The summed E-state index contributed by atoms with van der Waals surface area (Å²) in [4.78, 5) is 14.6. The van der Waals surface area contributed by atoms with Gasteiger partial charge in [0.2, 0.25) is 5.91 Å². The molecule has 3 heteroatoms. The van der Waals surface area contributed by atoms with Crippen LogP contribution in [0.5, 0.6) is 0 Å². The van der Waals surface area contributed by atoms with Crippen molar-refractivity contribution in [1.29, 1.82) is 0 Å². The van der Waals surface area contributed by atoms with E-state index in [0.717, 1.165) is 31.4 Å². The zero-order valence-electron chi connectivity index (χ0n) is 11.0. The normalized spacial score (nSPS) is 16.3. The Morgan fingerprint density at radius 1 is 1.39 bits per heavy atom. The highest BCUT2D eigenvalue weighted by Gasteiger charge is 2.35. The highest BCUT2D eigenvalue weighted by molar-refractivity contribution is 5.84. The largest absolute Gasteiger partial charge is 0.339 e. The third-order valence-corrected chi connectivity index (χ3v) is 3.47. The van der Waals surface area contributed by atoms with E-state index in [2.05, 4.69) is 6.92 Å². The summed E-state index contributed by atoms with van der Waals surface area (Å²) in [6.07, 6.45) is 3.31. The average molecular weight is 246 g/mol. The van der Waals surface area contributed by atoms with Gasteiger partial charge in [-0.2, -0.15) is 0 Å². The maximum absolute atomic E-state index is 12.6. The van der Waals surface area contributed by atoms with Crippen molar-refractivity contribution in [2.75, 3.05) is 13.1 Å². The molecule has 1 aliphatic rings. The molecule has 98 valence electrons. The van der Waals surface area contributed by atoms with Gasteiger partial charge in [0, 0.05) is 19.1 Å². The third-order valence-electron chi connectivity index (χ3n) is 3.47. The van der Waals surface area contributed by atoms with Gasteiger partial charge in [-0.05, 0) is 24.8 Å². The van der Waals surface area contributed by atoms with Crippen molar-refractivity contribution >= 4 is 5.91 Å². The van der Waals surface area contributed by atoms with Crippen LogP contribution in [0.3, 0.4) is 0 Å². The van der Waals surface area contributed by atoms with E-state index in [1.54, 1.807) is 0 Å². The Hall–Kier alpha value is -1.35. The number of hydrogen-bond donors (Lipinski definition) is 1. The standard InChI is InChI=1S/C15H22N2O/c1-2-10-17(13-8-9-13)15(18)14(11-16)12-6-4-3-5-7-12/h3-7,13-14H,2,8-11,16H2,1H3. The lowest BCUT2D eigenvalue weighted by Gasteiger charge is -2.26. The van der Waals surface area contributed by atoms with Gasteiger partial charge in [-0.3, -0.25) is 4.79 Å². The predicted octanol–water partition coefficient (Wildman–Crippen LogP) is 2.13. The minimum absolute atomic E-state index is 0.182. The minimum Gasteiger partial charge on any atom is -0.339 e. The SMILES string of the molecule is CCCN(C(=O)C(CN)c1ccccc1)C1CC1. The number of nitrogens with zero attached hydrogens (tertiary/aromatic N) is 1. The van der Waals surface area contributed by atoms with Crippen LogP contribution in [0.4, 0.5) is 0 Å². The summed E-state index contributed by atoms with van der Waals surface area (Å²) in [6, 6.07) is 10.3. The summed E-state index contributed by atoms with van der Waals surface area (Å²) in [5, 5.41) is 0. The fourth-order valence-electron chi connectivity index (χ4n) is 2.36. The van der Waals surface area contributed by atoms with Gasteiger partial charge in [-0.1, -0.05) is 37.3 Å². The highest BCUT2D eigenvalue weighted by Crippen LogP contribution is 2.30. The fourth-order valence-corrected chi connectivity index (χ4v) is 2.36. The number of carbonyl (C=O) groups is 1. The van der Waals surface area contributed by atoms with Crippen molar-refractivity contribution < 1.29 is 4.79 Å². The Balaban J connectivity index is 2.13. The molecule has 0 spiro atoms. The lowest BCUT2D eigenvalue weighted by molar-refractivity contribution is -0.133. The van der Waals surface area contributed by atoms with Crippen molar-refractivity contribution in [3.63, 3.8) is 0 Å². The van der Waals surface area contributed by atoms with Crippen LogP contribution in [-0.4, -0.2) is 29.9 Å². The van der Waals surface area contributed by atoms with Gasteiger partial charge in [0.25, 0.3) is 0 Å². The Kier molecular flexibility index (Phi) is 4.37. The second-order valence-corrected chi connectivity index (χ2v) is 4.96. The molecule has 0 bridgehead atoms. The summed E-state index contributed by atoms with van der Waals surface area (Å²) in [6.45, 7) is 3.35. The molecule has 1 saturated carbocycles. The zero-order chi connectivity index (χ0) is 13.0. The average Bonchev–Trinajstić information content (AvgIpc) is 3.22. The Morgan fingerprint density at radius 2 is 2.06 bits per heavy atom. The first-order valence-corrected chi connectivity index (χ1v) is 6.83. The van der Waals surface area contributed by atoms with Crippen molar-refractivity contribution in [1.82, 2.24) is 4.90 Å². The molecule has 0 heterocycles. The van der Waals surface area contributed by atoms with E-state index in [9.17, 15) is 4.79 Å². The first-order valence-electron chi connectivity index (χ1n) is 6.83. The lowest BCUT2D eigenvalue weighted by atomic mass is 9.97. The molecule has 1 aliphatic carbocycles. The molecule has 1 fully saturated rings. The molecule has 0 saturated heterocycles. The van der Waals surface area contributed by atoms with Gasteiger partial charge < -0.3 is 10.6 Å². The molecular weight excluding hydrogens is 224 g/mol. The van der Waals surface area contributed by atoms with Gasteiger partial charge in [-0.25, -0.2) is 0 Å². The zero-order valence-corrected chi connectivity index (χ0v) is 11.0. The third kappa shape index (κ3) is 2.91. The molecule has 2 N–H and O–H groups in total. The molecule has 1 aromatic carbocycles. The number of hydrogen-bond acceptors (Lipinski definition) is 2. The number of nitrogens with two attached hydrogens (primary N) is 1. The van der Waals surface area contributed by atoms with Crippen LogP contribution >= 0.6 is 0 Å². The van der Waals surface area contributed by atoms with Gasteiger partial charge >= 0.3 is 0 Å². The van der Waals surface area contributed by atoms with Gasteiger partial charge in [0.15, 0.2) is 0 Å². The topological polar surface area (TPSA) is 46.3 Å². The van der Waals surface area contributed by atoms with Crippen molar-refractivity contribution in [3.8, 4) is 0 Å². The van der Waals surface area contributed by atoms with Crippen LogP contribution in [-0.2, 0) is 4.79 Å². The summed E-state index contributed by atoms with van der Waals surface area (Å²) >= 11 is 0. The second kappa shape index (κ2) is 6.01. The molecule has 1 aromatic rings. The molecule has 0 aliphatic heterocycles. The summed E-state index contributed by atoms with van der Waals surface area (Å²) in [5.74, 6) is 0.0198. The van der Waals surface area contributed by atoms with Crippen LogP contribution in [0.1, 0.15) is 37.7 Å². The molecule has 18 heavy (non-hydrogen) atoms. The van der Waals surface area contributed by atoms with Crippen LogP contribution in [0.2, 0.25) is 0 Å². The van der Waals surface area contributed by atoms with E-state index in [0.29, 0.717) is 12.6 Å². The second-order valence-electron chi connectivity index (χ2n) is 4.96. The minimum atomic E-state index is -0.182. The Bertz CT molecular complexity index is 387. The first kappa shape index (κ1) is 13.1. The lowest BCUT2D eigenvalue weighted by Crippen LogP contribution is -2.39. The number of amides is 1. The molecule has 3 nitrogen and oxygen atoms in total. The van der Waals surface area contributed by atoms with E-state index < -0.39 is 0 Å². The predicted molar refractivity (Wildman–Crippen MR) is 73.3 cm³/mol. The van der Waals surface area contributed by atoms with Crippen LogP contribution < -0.4 is 5.73 Å². The molecule has 1 atom stereocenters. The number of benzene rings is 1. The van der Waals surface area contributed by atoms with Crippen LogP contribution in [0, 0.1) is 0 Å². The Morgan fingerprint density at radius 3 is 2.56 bits per heavy atom. The van der Waals surface area contributed by atoms with Crippen LogP contribution in [0.25, 0.3) is 0 Å². The molecule has 0 aromatic heterocycles. The van der Waals surface area contributed by atoms with E-state index in [4.69, 9.17) is 5.73 Å². The molecule has 1 amide bonds. The van der Waals surface area contributed by atoms with Gasteiger partial charge in [-0.15, -0.1) is 0 Å². The quantitative estimate of drug-likeness (QED) is 0.835.